The number of amides is 1. The van der Waals surface area contributed by atoms with E-state index in [2.05, 4.69) is 0 Å². The van der Waals surface area contributed by atoms with Crippen molar-refractivity contribution in [2.45, 2.75) is 18.7 Å². The van der Waals surface area contributed by atoms with Gasteiger partial charge in [-0.05, 0) is 66.9 Å². The molecule has 32 heavy (non-hydrogen) atoms. The van der Waals surface area contributed by atoms with Crippen molar-refractivity contribution in [1.29, 1.82) is 0 Å². The normalized spacial score (nSPS) is 11.5. The first kappa shape index (κ1) is 23.2. The van der Waals surface area contributed by atoms with Gasteiger partial charge >= 0.3 is 0 Å². The van der Waals surface area contributed by atoms with Gasteiger partial charge in [-0.25, -0.2) is 8.42 Å². The number of carbonyl (C=O) groups is 1. The van der Waals surface area contributed by atoms with Gasteiger partial charge in [0.2, 0.25) is 0 Å². The lowest BCUT2D eigenvalue weighted by atomic mass is 10.1. The first-order valence-corrected chi connectivity index (χ1v) is 11.3. The van der Waals surface area contributed by atoms with Crippen molar-refractivity contribution in [3.63, 3.8) is 0 Å². The molecule has 3 aromatic rings. The minimum absolute atomic E-state index is 0.0973. The summed E-state index contributed by atoms with van der Waals surface area (Å²) in [6.07, 6.45) is 2.42. The average Bonchev–Trinajstić information content (AvgIpc) is 2.75. The molecule has 0 bridgehead atoms. The number of nitro groups is 1. The predicted octanol–water partition coefficient (Wildman–Crippen LogP) is 5.30. The summed E-state index contributed by atoms with van der Waals surface area (Å²) in [6.45, 7) is 3.50. The van der Waals surface area contributed by atoms with Crippen molar-refractivity contribution in [1.82, 2.24) is 0 Å². The van der Waals surface area contributed by atoms with Gasteiger partial charge in [-0.1, -0.05) is 35.9 Å². The third kappa shape index (κ3) is 5.04. The molecule has 3 aromatic carbocycles. The third-order valence-corrected chi connectivity index (χ3v) is 6.61. The van der Waals surface area contributed by atoms with E-state index in [-0.39, 0.29) is 16.3 Å². The minimum atomic E-state index is -4.27. The van der Waals surface area contributed by atoms with Crippen molar-refractivity contribution in [3.8, 4) is 0 Å². The van der Waals surface area contributed by atoms with Gasteiger partial charge < -0.3 is 0 Å². The standard InChI is InChI=1S/C23H19ClN2O5S/c1-16-6-7-17(2)22(14-16)25(32(30,31)21-11-9-19(24)10-12-21)23(27)13-8-18-4-3-5-20(15-18)26(28)29/h3-15H,1-2H3/b13-8+. The van der Waals surface area contributed by atoms with E-state index in [1.54, 1.807) is 32.0 Å². The molecule has 164 valence electrons. The first-order valence-electron chi connectivity index (χ1n) is 9.44. The fraction of sp³-hybridized carbons (Fsp3) is 0.0870. The van der Waals surface area contributed by atoms with Crippen LogP contribution in [0.25, 0.3) is 6.08 Å². The number of aryl methyl sites for hydroxylation is 2. The van der Waals surface area contributed by atoms with Crippen LogP contribution in [0.4, 0.5) is 11.4 Å². The van der Waals surface area contributed by atoms with Gasteiger partial charge in [0.1, 0.15) is 0 Å². The minimum Gasteiger partial charge on any atom is -0.268 e. The van der Waals surface area contributed by atoms with E-state index < -0.39 is 20.9 Å². The summed E-state index contributed by atoms with van der Waals surface area (Å²) in [7, 11) is -4.27. The summed E-state index contributed by atoms with van der Waals surface area (Å²) in [4.78, 5) is 23.5. The van der Waals surface area contributed by atoms with Crippen LogP contribution < -0.4 is 4.31 Å². The molecule has 9 heteroatoms. The molecular weight excluding hydrogens is 452 g/mol. The highest BCUT2D eigenvalue weighted by atomic mass is 35.5. The Bertz CT molecular complexity index is 1320. The van der Waals surface area contributed by atoms with E-state index in [1.807, 2.05) is 6.07 Å². The summed E-state index contributed by atoms with van der Waals surface area (Å²) in [5.41, 5.74) is 1.83. The molecule has 0 spiro atoms. The Kier molecular flexibility index (Phi) is 6.76. The zero-order valence-electron chi connectivity index (χ0n) is 17.2. The van der Waals surface area contributed by atoms with Crippen LogP contribution in [0.3, 0.4) is 0 Å². The van der Waals surface area contributed by atoms with Crippen LogP contribution in [0.15, 0.2) is 77.7 Å². The van der Waals surface area contributed by atoms with Gasteiger partial charge in [0.25, 0.3) is 21.6 Å². The zero-order valence-corrected chi connectivity index (χ0v) is 18.8. The van der Waals surface area contributed by atoms with Gasteiger partial charge in [-0.15, -0.1) is 0 Å². The highest BCUT2D eigenvalue weighted by Gasteiger charge is 2.31. The molecule has 1 amide bonds. The number of hydrogen-bond acceptors (Lipinski definition) is 5. The van der Waals surface area contributed by atoms with Crippen LogP contribution in [0.1, 0.15) is 16.7 Å². The third-order valence-electron chi connectivity index (χ3n) is 4.63. The van der Waals surface area contributed by atoms with Crippen LogP contribution >= 0.6 is 11.6 Å². The molecule has 0 saturated heterocycles. The van der Waals surface area contributed by atoms with Crippen LogP contribution in [-0.4, -0.2) is 19.2 Å². The molecule has 0 heterocycles. The number of carbonyl (C=O) groups excluding carboxylic acids is 1. The number of anilines is 1. The van der Waals surface area contributed by atoms with Crippen LogP contribution in [0, 0.1) is 24.0 Å². The molecule has 0 aliphatic rings. The van der Waals surface area contributed by atoms with Crippen molar-refractivity contribution in [2.24, 2.45) is 0 Å². The molecule has 0 aliphatic heterocycles. The highest BCUT2D eigenvalue weighted by Crippen LogP contribution is 2.29. The lowest BCUT2D eigenvalue weighted by Crippen LogP contribution is -2.36. The number of nitrogens with zero attached hydrogens (tertiary/aromatic N) is 2. The van der Waals surface area contributed by atoms with Gasteiger partial charge in [-0.3, -0.25) is 14.9 Å². The molecule has 0 atom stereocenters. The van der Waals surface area contributed by atoms with Gasteiger partial charge in [0, 0.05) is 23.2 Å². The topological polar surface area (TPSA) is 97.6 Å². The molecule has 7 nitrogen and oxygen atoms in total. The van der Waals surface area contributed by atoms with E-state index >= 15 is 0 Å². The Morgan fingerprint density at radius 3 is 2.38 bits per heavy atom. The zero-order chi connectivity index (χ0) is 23.5. The molecule has 0 aromatic heterocycles. The molecule has 0 saturated carbocycles. The van der Waals surface area contributed by atoms with E-state index in [0.29, 0.717) is 16.1 Å². The summed E-state index contributed by atoms with van der Waals surface area (Å²) >= 11 is 5.88. The Morgan fingerprint density at radius 1 is 1.03 bits per heavy atom. The monoisotopic (exact) mass is 470 g/mol. The highest BCUT2D eigenvalue weighted by molar-refractivity contribution is 7.93. The number of halogens is 1. The number of rotatable bonds is 6. The molecule has 3 rings (SSSR count). The maximum Gasteiger partial charge on any atom is 0.271 e. The Balaban J connectivity index is 2.09. The summed E-state index contributed by atoms with van der Waals surface area (Å²) in [5, 5.41) is 11.3. The lowest BCUT2D eigenvalue weighted by Gasteiger charge is -2.23. The molecule has 0 unspecified atom stereocenters. The van der Waals surface area contributed by atoms with E-state index in [0.717, 1.165) is 15.9 Å². The molecule has 0 radical (unpaired) electrons. The lowest BCUT2D eigenvalue weighted by molar-refractivity contribution is -0.384. The van der Waals surface area contributed by atoms with E-state index in [4.69, 9.17) is 11.6 Å². The Hall–Kier alpha value is -3.49. The van der Waals surface area contributed by atoms with Crippen LogP contribution in [-0.2, 0) is 14.8 Å². The van der Waals surface area contributed by atoms with Crippen molar-refractivity contribution < 1.29 is 18.1 Å². The van der Waals surface area contributed by atoms with Crippen molar-refractivity contribution >= 4 is 45.0 Å². The summed E-state index contributed by atoms with van der Waals surface area (Å²) in [5.74, 6) is -0.819. The predicted molar refractivity (Wildman–Crippen MR) is 124 cm³/mol. The second-order valence-corrected chi connectivity index (χ2v) is 9.26. The van der Waals surface area contributed by atoms with Crippen molar-refractivity contribution in [2.75, 3.05) is 4.31 Å². The number of nitro benzene ring substituents is 1. The summed E-state index contributed by atoms with van der Waals surface area (Å²) in [6, 6.07) is 16.3. The smallest absolute Gasteiger partial charge is 0.268 e. The van der Waals surface area contributed by atoms with E-state index in [1.165, 1.54) is 48.5 Å². The van der Waals surface area contributed by atoms with Crippen LogP contribution in [0.5, 0.6) is 0 Å². The second kappa shape index (κ2) is 9.33. The molecular formula is C23H19ClN2O5S. The first-order chi connectivity index (χ1) is 15.1. The number of sulfonamides is 1. The van der Waals surface area contributed by atoms with Gasteiger partial charge in [-0.2, -0.15) is 4.31 Å². The second-order valence-electron chi connectivity index (χ2n) is 7.04. The summed E-state index contributed by atoms with van der Waals surface area (Å²) < 4.78 is 27.6. The van der Waals surface area contributed by atoms with Crippen molar-refractivity contribution in [3.05, 3.63) is 105 Å². The Morgan fingerprint density at radius 2 is 1.72 bits per heavy atom. The maximum atomic E-state index is 13.4. The largest absolute Gasteiger partial charge is 0.271 e. The number of benzene rings is 3. The quantitative estimate of drug-likeness (QED) is 0.276. The SMILES string of the molecule is Cc1ccc(C)c(N(C(=O)/C=C/c2cccc([N+](=O)[O-])c2)S(=O)(=O)c2ccc(Cl)cc2)c1. The maximum absolute atomic E-state index is 13.4. The fourth-order valence-corrected chi connectivity index (χ4v) is 4.56. The fourth-order valence-electron chi connectivity index (χ4n) is 2.99. The van der Waals surface area contributed by atoms with Crippen LogP contribution in [0.2, 0.25) is 5.02 Å². The van der Waals surface area contributed by atoms with Gasteiger partial charge in [0.05, 0.1) is 15.5 Å². The molecule has 0 fully saturated rings. The Labute approximate surface area is 190 Å². The number of hydrogen-bond donors (Lipinski definition) is 0. The van der Waals surface area contributed by atoms with Gasteiger partial charge in [0.15, 0.2) is 0 Å². The van der Waals surface area contributed by atoms with E-state index in [9.17, 15) is 23.3 Å². The average molecular weight is 471 g/mol. The number of non-ortho nitro benzene ring substituents is 1. The molecule has 0 N–H and O–H groups in total. The molecule has 0 aliphatic carbocycles.